The molecule has 0 saturated heterocycles. The summed E-state index contributed by atoms with van der Waals surface area (Å²) in [5, 5.41) is 11.4. The molecule has 1 amide bonds. The number of rotatable bonds is 5. The summed E-state index contributed by atoms with van der Waals surface area (Å²) in [5.41, 5.74) is 2.19. The lowest BCUT2D eigenvalue weighted by Gasteiger charge is -2.13. The number of nitrogens with one attached hydrogen (secondary N) is 1. The van der Waals surface area contributed by atoms with E-state index >= 15 is 0 Å². The molecule has 0 radical (unpaired) electrons. The number of nitrogens with zero attached hydrogens (tertiary/aromatic N) is 3. The molecule has 0 bridgehead atoms. The molecule has 0 saturated carbocycles. The fraction of sp³-hybridized carbons (Fsp3) is 0.167. The fourth-order valence-corrected chi connectivity index (χ4v) is 3.27. The highest BCUT2D eigenvalue weighted by Crippen LogP contribution is 2.26. The lowest BCUT2D eigenvalue weighted by atomic mass is 10.2. The highest BCUT2D eigenvalue weighted by atomic mass is 35.5. The molecular formula is C18H17ClFN5OS. The van der Waals surface area contributed by atoms with E-state index in [1.165, 1.54) is 28.6 Å². The normalized spacial score (nSPS) is 12.0. The van der Waals surface area contributed by atoms with Gasteiger partial charge in [0.2, 0.25) is 11.1 Å². The van der Waals surface area contributed by atoms with E-state index in [-0.39, 0.29) is 11.7 Å². The maximum atomic E-state index is 13.1. The molecule has 0 aliphatic rings. The van der Waals surface area contributed by atoms with Crippen molar-refractivity contribution in [3.63, 3.8) is 0 Å². The van der Waals surface area contributed by atoms with E-state index in [1.54, 1.807) is 31.2 Å². The van der Waals surface area contributed by atoms with Crippen molar-refractivity contribution in [2.75, 3.05) is 11.2 Å². The summed E-state index contributed by atoms with van der Waals surface area (Å²) in [6, 6.07) is 11.1. The van der Waals surface area contributed by atoms with Gasteiger partial charge in [0.25, 0.3) is 0 Å². The largest absolute Gasteiger partial charge is 0.335 e. The van der Waals surface area contributed by atoms with Crippen LogP contribution >= 0.6 is 23.4 Å². The topological polar surface area (TPSA) is 85.8 Å². The molecule has 9 heteroatoms. The van der Waals surface area contributed by atoms with Gasteiger partial charge in [-0.25, -0.2) is 9.07 Å². The van der Waals surface area contributed by atoms with Crippen LogP contribution < -0.4 is 11.2 Å². The summed E-state index contributed by atoms with van der Waals surface area (Å²) in [4.78, 5) is 12.5. The number of aromatic nitrogens is 3. The second-order valence-corrected chi connectivity index (χ2v) is 7.64. The lowest BCUT2D eigenvalue weighted by molar-refractivity contribution is -0.115. The SMILES string of the molecule is Cc1ccc(Cl)cc1NC(=O)[C@H](C)Sc1nnc(-c2ccc(F)cc2)n1N. The van der Waals surface area contributed by atoms with E-state index in [9.17, 15) is 9.18 Å². The average Bonchev–Trinajstić information content (AvgIpc) is 2.99. The second-order valence-electron chi connectivity index (χ2n) is 5.89. The number of carbonyl (C=O) groups excluding carboxylic acids is 1. The molecule has 1 heterocycles. The Hall–Kier alpha value is -2.58. The Balaban J connectivity index is 1.72. The first-order chi connectivity index (χ1) is 12.8. The summed E-state index contributed by atoms with van der Waals surface area (Å²) in [7, 11) is 0. The van der Waals surface area contributed by atoms with E-state index in [0.29, 0.717) is 27.3 Å². The fourth-order valence-electron chi connectivity index (χ4n) is 2.33. The minimum Gasteiger partial charge on any atom is -0.335 e. The average molecular weight is 406 g/mol. The number of aryl methyl sites for hydroxylation is 1. The first kappa shape index (κ1) is 19.2. The number of benzene rings is 2. The number of anilines is 1. The molecule has 3 N–H and O–H groups in total. The van der Waals surface area contributed by atoms with Gasteiger partial charge in [0, 0.05) is 16.3 Å². The first-order valence-corrected chi connectivity index (χ1v) is 9.31. The standard InChI is InChI=1S/C18H17ClFN5OS/c1-10-3-6-13(19)9-15(10)22-17(26)11(2)27-18-24-23-16(25(18)21)12-4-7-14(20)8-5-12/h3-9,11H,21H2,1-2H3,(H,22,26)/t11-/m0/s1. The zero-order chi connectivity index (χ0) is 19.6. The Bertz CT molecular complexity index is 976. The maximum Gasteiger partial charge on any atom is 0.237 e. The Labute approximate surface area is 164 Å². The zero-order valence-electron chi connectivity index (χ0n) is 14.6. The van der Waals surface area contributed by atoms with Gasteiger partial charge in [0.15, 0.2) is 5.82 Å². The monoisotopic (exact) mass is 405 g/mol. The van der Waals surface area contributed by atoms with Crippen LogP contribution in [0.5, 0.6) is 0 Å². The highest BCUT2D eigenvalue weighted by molar-refractivity contribution is 8.00. The number of halogens is 2. The van der Waals surface area contributed by atoms with Crippen LogP contribution in [-0.4, -0.2) is 26.0 Å². The third-order valence-electron chi connectivity index (χ3n) is 3.88. The van der Waals surface area contributed by atoms with Crippen molar-refractivity contribution in [2.24, 2.45) is 0 Å². The molecule has 140 valence electrons. The Morgan fingerprint density at radius 3 is 2.67 bits per heavy atom. The lowest BCUT2D eigenvalue weighted by Crippen LogP contribution is -2.24. The first-order valence-electron chi connectivity index (χ1n) is 8.05. The quantitative estimate of drug-likeness (QED) is 0.497. The van der Waals surface area contributed by atoms with E-state index in [1.807, 2.05) is 13.0 Å². The van der Waals surface area contributed by atoms with Crippen LogP contribution in [0.3, 0.4) is 0 Å². The van der Waals surface area contributed by atoms with Crippen LogP contribution in [0.15, 0.2) is 47.6 Å². The number of hydrogen-bond acceptors (Lipinski definition) is 5. The Morgan fingerprint density at radius 1 is 1.26 bits per heavy atom. The van der Waals surface area contributed by atoms with Crippen molar-refractivity contribution in [2.45, 2.75) is 24.3 Å². The minimum atomic E-state index is -0.476. The highest BCUT2D eigenvalue weighted by Gasteiger charge is 2.20. The van der Waals surface area contributed by atoms with Gasteiger partial charge in [-0.2, -0.15) is 0 Å². The Morgan fingerprint density at radius 2 is 1.96 bits per heavy atom. The molecule has 1 aromatic heterocycles. The van der Waals surface area contributed by atoms with Crippen molar-refractivity contribution in [3.05, 3.63) is 58.9 Å². The number of nitrogens with two attached hydrogens (primary N) is 1. The van der Waals surface area contributed by atoms with Crippen molar-refractivity contribution in [3.8, 4) is 11.4 Å². The van der Waals surface area contributed by atoms with Gasteiger partial charge < -0.3 is 11.2 Å². The number of hydrogen-bond donors (Lipinski definition) is 2. The summed E-state index contributed by atoms with van der Waals surface area (Å²) >= 11 is 7.15. The van der Waals surface area contributed by atoms with Gasteiger partial charge >= 0.3 is 0 Å². The molecule has 27 heavy (non-hydrogen) atoms. The number of carbonyl (C=O) groups is 1. The van der Waals surface area contributed by atoms with Gasteiger partial charge in [-0.15, -0.1) is 10.2 Å². The van der Waals surface area contributed by atoms with Gasteiger partial charge in [0.1, 0.15) is 5.82 Å². The molecule has 2 aromatic carbocycles. The van der Waals surface area contributed by atoms with E-state index < -0.39 is 5.25 Å². The zero-order valence-corrected chi connectivity index (χ0v) is 16.2. The van der Waals surface area contributed by atoms with Crippen molar-refractivity contribution in [1.29, 1.82) is 0 Å². The molecule has 3 rings (SSSR count). The molecule has 0 unspecified atom stereocenters. The van der Waals surface area contributed by atoms with Crippen molar-refractivity contribution in [1.82, 2.24) is 14.9 Å². The summed E-state index contributed by atoms with van der Waals surface area (Å²) < 4.78 is 14.4. The maximum absolute atomic E-state index is 13.1. The van der Waals surface area contributed by atoms with Crippen LogP contribution in [0.25, 0.3) is 11.4 Å². The van der Waals surface area contributed by atoms with Crippen LogP contribution in [0.2, 0.25) is 5.02 Å². The minimum absolute atomic E-state index is 0.211. The van der Waals surface area contributed by atoms with Crippen LogP contribution in [0.1, 0.15) is 12.5 Å². The van der Waals surface area contributed by atoms with Crippen molar-refractivity contribution >= 4 is 35.0 Å². The molecule has 0 aliphatic heterocycles. The van der Waals surface area contributed by atoms with Crippen LogP contribution in [0.4, 0.5) is 10.1 Å². The smallest absolute Gasteiger partial charge is 0.237 e. The van der Waals surface area contributed by atoms with E-state index in [0.717, 1.165) is 5.56 Å². The second kappa shape index (κ2) is 7.98. The third kappa shape index (κ3) is 4.40. The van der Waals surface area contributed by atoms with E-state index in [4.69, 9.17) is 17.4 Å². The van der Waals surface area contributed by atoms with Gasteiger partial charge in [-0.05, 0) is 55.8 Å². The third-order valence-corrected chi connectivity index (χ3v) is 5.17. The number of amides is 1. The molecular weight excluding hydrogens is 389 g/mol. The van der Waals surface area contributed by atoms with Crippen LogP contribution in [-0.2, 0) is 4.79 Å². The molecule has 1 atom stereocenters. The number of nitrogen functional groups attached to an aromatic ring is 1. The van der Waals surface area contributed by atoms with Gasteiger partial charge in [0.05, 0.1) is 5.25 Å². The van der Waals surface area contributed by atoms with E-state index in [2.05, 4.69) is 15.5 Å². The molecule has 6 nitrogen and oxygen atoms in total. The summed E-state index contributed by atoms with van der Waals surface area (Å²) in [6.07, 6.45) is 0. The van der Waals surface area contributed by atoms with Crippen LogP contribution in [0, 0.1) is 12.7 Å². The van der Waals surface area contributed by atoms with Crippen molar-refractivity contribution < 1.29 is 9.18 Å². The molecule has 0 aliphatic carbocycles. The summed E-state index contributed by atoms with van der Waals surface area (Å²) in [5.74, 6) is 5.87. The molecule has 0 fully saturated rings. The van der Waals surface area contributed by atoms with Gasteiger partial charge in [-0.1, -0.05) is 29.4 Å². The molecule has 3 aromatic rings. The Kier molecular flexibility index (Phi) is 5.67. The predicted octanol–water partition coefficient (Wildman–Crippen LogP) is 3.88. The summed E-state index contributed by atoms with van der Waals surface area (Å²) in [6.45, 7) is 3.63. The number of thioether (sulfide) groups is 1. The van der Waals surface area contributed by atoms with Gasteiger partial charge in [-0.3, -0.25) is 4.79 Å². The predicted molar refractivity (Wildman–Crippen MR) is 106 cm³/mol. The molecule has 0 spiro atoms.